The van der Waals surface area contributed by atoms with Crippen molar-refractivity contribution in [1.82, 2.24) is 4.90 Å². The van der Waals surface area contributed by atoms with Crippen molar-refractivity contribution < 1.29 is 13.9 Å². The lowest BCUT2D eigenvalue weighted by Gasteiger charge is -2.37. The molecule has 0 aliphatic carbocycles. The minimum atomic E-state index is -0.325. The molecule has 5 nitrogen and oxygen atoms in total. The molecule has 0 radical (unpaired) electrons. The number of halogens is 2. The van der Waals surface area contributed by atoms with Crippen LogP contribution in [0.1, 0.15) is 18.9 Å². The SMILES string of the molecule is CCOC(=O)C(CC(N)Cc1ccc(-c2cc(Cl)ccc2F)cc1)CN1CC(C#N)C1. The molecule has 0 bridgehead atoms. The van der Waals surface area contributed by atoms with E-state index in [-0.39, 0.29) is 29.7 Å². The Morgan fingerprint density at radius 2 is 2.03 bits per heavy atom. The summed E-state index contributed by atoms with van der Waals surface area (Å²) in [5.41, 5.74) is 8.57. The van der Waals surface area contributed by atoms with Crippen LogP contribution in [0.3, 0.4) is 0 Å². The Morgan fingerprint density at radius 3 is 2.68 bits per heavy atom. The highest BCUT2D eigenvalue weighted by atomic mass is 35.5. The number of ether oxygens (including phenoxy) is 1. The third kappa shape index (κ3) is 6.27. The van der Waals surface area contributed by atoms with Gasteiger partial charge in [0.25, 0.3) is 0 Å². The van der Waals surface area contributed by atoms with Gasteiger partial charge in [-0.05, 0) is 49.1 Å². The van der Waals surface area contributed by atoms with E-state index in [9.17, 15) is 9.18 Å². The van der Waals surface area contributed by atoms with Crippen LogP contribution < -0.4 is 5.73 Å². The summed E-state index contributed by atoms with van der Waals surface area (Å²) in [6.07, 6.45) is 1.09. The summed E-state index contributed by atoms with van der Waals surface area (Å²) in [5.74, 6) is -0.852. The van der Waals surface area contributed by atoms with Gasteiger partial charge in [-0.25, -0.2) is 4.39 Å². The number of nitrogens with zero attached hydrogens (tertiary/aromatic N) is 2. The zero-order chi connectivity index (χ0) is 22.4. The molecule has 1 aliphatic heterocycles. The van der Waals surface area contributed by atoms with Crippen molar-refractivity contribution in [2.24, 2.45) is 17.6 Å². The zero-order valence-corrected chi connectivity index (χ0v) is 18.3. The number of hydrogen-bond acceptors (Lipinski definition) is 5. The van der Waals surface area contributed by atoms with Gasteiger partial charge >= 0.3 is 5.97 Å². The average molecular weight is 444 g/mol. The van der Waals surface area contributed by atoms with E-state index >= 15 is 0 Å². The molecule has 2 aromatic carbocycles. The Morgan fingerprint density at radius 1 is 1.32 bits per heavy atom. The Labute approximate surface area is 187 Å². The van der Waals surface area contributed by atoms with Crippen molar-refractivity contribution >= 4 is 17.6 Å². The number of benzene rings is 2. The first-order valence-corrected chi connectivity index (χ1v) is 10.9. The molecule has 1 fully saturated rings. The average Bonchev–Trinajstić information content (AvgIpc) is 2.72. The van der Waals surface area contributed by atoms with Gasteiger partial charge in [-0.15, -0.1) is 0 Å². The van der Waals surface area contributed by atoms with E-state index in [4.69, 9.17) is 27.3 Å². The van der Waals surface area contributed by atoms with Crippen LogP contribution in [0.5, 0.6) is 0 Å². The summed E-state index contributed by atoms with van der Waals surface area (Å²) in [7, 11) is 0. The van der Waals surface area contributed by atoms with Crippen LogP contribution in [0.4, 0.5) is 4.39 Å². The smallest absolute Gasteiger partial charge is 0.310 e. The first-order valence-electron chi connectivity index (χ1n) is 10.5. The van der Waals surface area contributed by atoms with Crippen molar-refractivity contribution in [2.45, 2.75) is 25.8 Å². The second kappa shape index (κ2) is 10.7. The Balaban J connectivity index is 1.60. The number of esters is 1. The largest absolute Gasteiger partial charge is 0.466 e. The number of carbonyl (C=O) groups excluding carboxylic acids is 1. The summed E-state index contributed by atoms with van der Waals surface area (Å²) < 4.78 is 19.3. The molecule has 1 aliphatic rings. The van der Waals surface area contributed by atoms with Gasteiger partial charge in [0, 0.05) is 36.3 Å². The Kier molecular flexibility index (Phi) is 8.03. The summed E-state index contributed by atoms with van der Waals surface area (Å²) >= 11 is 5.99. The third-order valence-electron chi connectivity index (χ3n) is 5.52. The molecule has 0 aromatic heterocycles. The molecule has 31 heavy (non-hydrogen) atoms. The highest BCUT2D eigenvalue weighted by Crippen LogP contribution is 2.27. The van der Waals surface area contributed by atoms with E-state index < -0.39 is 0 Å². The molecular formula is C24H27ClFN3O2. The first-order chi connectivity index (χ1) is 14.9. The van der Waals surface area contributed by atoms with Gasteiger partial charge in [-0.1, -0.05) is 35.9 Å². The van der Waals surface area contributed by atoms with Gasteiger partial charge in [-0.2, -0.15) is 5.26 Å². The second-order valence-corrected chi connectivity index (χ2v) is 8.45. The van der Waals surface area contributed by atoms with Crippen LogP contribution in [-0.2, 0) is 16.0 Å². The fourth-order valence-corrected chi connectivity index (χ4v) is 4.08. The summed E-state index contributed by atoms with van der Waals surface area (Å²) in [4.78, 5) is 14.5. The van der Waals surface area contributed by atoms with Crippen LogP contribution in [0.15, 0.2) is 42.5 Å². The lowest BCUT2D eigenvalue weighted by Crippen LogP contribution is -2.49. The molecule has 2 N–H and O–H groups in total. The molecule has 0 saturated carbocycles. The molecule has 1 heterocycles. The number of nitrogens with two attached hydrogens (primary N) is 1. The Bertz CT molecular complexity index is 939. The van der Waals surface area contributed by atoms with Crippen LogP contribution in [0, 0.1) is 29.0 Å². The molecule has 7 heteroatoms. The fourth-order valence-electron chi connectivity index (χ4n) is 3.91. The number of hydrogen-bond donors (Lipinski definition) is 1. The predicted molar refractivity (Wildman–Crippen MR) is 119 cm³/mol. The van der Waals surface area contributed by atoms with E-state index in [1.54, 1.807) is 13.0 Å². The lowest BCUT2D eigenvalue weighted by atomic mass is 9.92. The zero-order valence-electron chi connectivity index (χ0n) is 17.6. The van der Waals surface area contributed by atoms with E-state index in [0.29, 0.717) is 49.7 Å². The maximum Gasteiger partial charge on any atom is 0.310 e. The van der Waals surface area contributed by atoms with Crippen LogP contribution in [-0.4, -0.2) is 43.2 Å². The van der Waals surface area contributed by atoms with E-state index in [1.807, 2.05) is 24.3 Å². The van der Waals surface area contributed by atoms with Gasteiger partial charge < -0.3 is 10.5 Å². The van der Waals surface area contributed by atoms with E-state index in [0.717, 1.165) is 11.1 Å². The number of likely N-dealkylation sites (tertiary alicyclic amines) is 1. The molecular weight excluding hydrogens is 417 g/mol. The standard InChI is InChI=1S/C24H27ClFN3O2/c1-2-31-24(30)19(15-29-13-17(12-27)14-29)10-21(28)9-16-3-5-18(6-4-16)22-11-20(25)7-8-23(22)26/h3-8,11,17,19,21H,2,9-10,13-15,28H2,1H3. The third-order valence-corrected chi connectivity index (χ3v) is 5.75. The van der Waals surface area contributed by atoms with Crippen molar-refractivity contribution in [2.75, 3.05) is 26.2 Å². The van der Waals surface area contributed by atoms with E-state index in [1.165, 1.54) is 12.1 Å². The van der Waals surface area contributed by atoms with Gasteiger partial charge in [0.2, 0.25) is 0 Å². The molecule has 2 aromatic rings. The molecule has 164 valence electrons. The Hall–Kier alpha value is -2.46. The highest BCUT2D eigenvalue weighted by molar-refractivity contribution is 6.30. The van der Waals surface area contributed by atoms with Crippen molar-refractivity contribution in [3.8, 4) is 17.2 Å². The second-order valence-electron chi connectivity index (χ2n) is 8.01. The summed E-state index contributed by atoms with van der Waals surface area (Å²) in [6.45, 7) is 4.03. The van der Waals surface area contributed by atoms with Crippen LogP contribution in [0.25, 0.3) is 11.1 Å². The van der Waals surface area contributed by atoms with Gasteiger partial charge in [0.05, 0.1) is 24.5 Å². The number of rotatable bonds is 9. The number of nitriles is 1. The predicted octanol–water partition coefficient (Wildman–Crippen LogP) is 4.04. The quantitative estimate of drug-likeness (QED) is 0.591. The fraction of sp³-hybridized carbons (Fsp3) is 0.417. The van der Waals surface area contributed by atoms with Gasteiger partial charge in [0.15, 0.2) is 0 Å². The van der Waals surface area contributed by atoms with Crippen molar-refractivity contribution in [1.29, 1.82) is 5.26 Å². The molecule has 2 unspecified atom stereocenters. The molecule has 0 spiro atoms. The minimum absolute atomic E-state index is 0.0411. The van der Waals surface area contributed by atoms with Crippen molar-refractivity contribution in [3.05, 3.63) is 58.9 Å². The first kappa shape index (κ1) is 23.2. The molecule has 3 rings (SSSR count). The lowest BCUT2D eigenvalue weighted by molar-refractivity contribution is -0.149. The van der Waals surface area contributed by atoms with Gasteiger partial charge in [-0.3, -0.25) is 9.69 Å². The van der Waals surface area contributed by atoms with Crippen LogP contribution in [0.2, 0.25) is 5.02 Å². The monoisotopic (exact) mass is 443 g/mol. The normalized spacial score (nSPS) is 16.2. The number of carbonyl (C=O) groups is 1. The highest BCUT2D eigenvalue weighted by Gasteiger charge is 2.32. The maximum absolute atomic E-state index is 14.1. The van der Waals surface area contributed by atoms with Gasteiger partial charge in [0.1, 0.15) is 5.82 Å². The topological polar surface area (TPSA) is 79.3 Å². The summed E-state index contributed by atoms with van der Waals surface area (Å²) in [5, 5.41) is 9.43. The van der Waals surface area contributed by atoms with E-state index in [2.05, 4.69) is 11.0 Å². The summed E-state index contributed by atoms with van der Waals surface area (Å²) in [6, 6.07) is 14.0. The molecule has 1 saturated heterocycles. The van der Waals surface area contributed by atoms with Crippen molar-refractivity contribution in [3.63, 3.8) is 0 Å². The minimum Gasteiger partial charge on any atom is -0.466 e. The van der Waals surface area contributed by atoms with Crippen LogP contribution >= 0.6 is 11.6 Å². The molecule has 2 atom stereocenters. The maximum atomic E-state index is 14.1. The molecule has 0 amide bonds.